The first-order valence-electron chi connectivity index (χ1n) is 2.90. The molecule has 50 valence electrons. The molecule has 0 unspecified atom stereocenters. The van der Waals surface area contributed by atoms with E-state index < -0.39 is 0 Å². The lowest BCUT2D eigenvalue weighted by atomic mass is 10.2. The first-order valence-corrected chi connectivity index (χ1v) is 2.90. The van der Waals surface area contributed by atoms with Gasteiger partial charge in [0.1, 0.15) is 12.0 Å². The number of furan rings is 1. The Morgan fingerprint density at radius 1 is 1.20 bits per heavy atom. The van der Waals surface area contributed by atoms with Crippen molar-refractivity contribution < 1.29 is 8.94 Å². The topological polar surface area (TPSA) is 39.2 Å². The van der Waals surface area contributed by atoms with Gasteiger partial charge in [0.05, 0.1) is 12.5 Å². The van der Waals surface area contributed by atoms with E-state index in [1.54, 1.807) is 18.6 Å². The van der Waals surface area contributed by atoms with Crippen LogP contribution in [0.3, 0.4) is 0 Å². The molecular formula is C7H5NO2. The highest BCUT2D eigenvalue weighted by molar-refractivity contribution is 5.55. The van der Waals surface area contributed by atoms with Crippen LogP contribution < -0.4 is 0 Å². The van der Waals surface area contributed by atoms with Crippen LogP contribution in [0.4, 0.5) is 0 Å². The predicted molar refractivity (Wildman–Crippen MR) is 34.2 cm³/mol. The molecule has 0 N–H and O–H groups in total. The summed E-state index contributed by atoms with van der Waals surface area (Å²) < 4.78 is 9.50. The fraction of sp³-hybridized carbons (Fsp3) is 0. The van der Waals surface area contributed by atoms with Gasteiger partial charge in [-0.15, -0.1) is 0 Å². The molecule has 0 radical (unpaired) electrons. The molecule has 2 rings (SSSR count). The highest BCUT2D eigenvalue weighted by atomic mass is 16.5. The fourth-order valence-electron chi connectivity index (χ4n) is 0.772. The molecule has 0 fully saturated rings. The van der Waals surface area contributed by atoms with Crippen molar-refractivity contribution in [2.75, 3.05) is 0 Å². The zero-order valence-electron chi connectivity index (χ0n) is 5.15. The zero-order chi connectivity index (χ0) is 6.81. The number of nitrogens with zero attached hydrogens (tertiary/aromatic N) is 1. The van der Waals surface area contributed by atoms with Gasteiger partial charge in [0, 0.05) is 11.6 Å². The van der Waals surface area contributed by atoms with Gasteiger partial charge in [-0.25, -0.2) is 0 Å². The van der Waals surface area contributed by atoms with Crippen LogP contribution in [0.15, 0.2) is 39.9 Å². The average Bonchev–Trinajstić information content (AvgIpc) is 2.59. The number of aromatic nitrogens is 1. The predicted octanol–water partition coefficient (Wildman–Crippen LogP) is 1.93. The number of hydrogen-bond donors (Lipinski definition) is 0. The lowest BCUT2D eigenvalue weighted by Crippen LogP contribution is -1.67. The first kappa shape index (κ1) is 5.29. The molecule has 0 aromatic carbocycles. The minimum atomic E-state index is 0.800. The maximum absolute atomic E-state index is 4.86. The van der Waals surface area contributed by atoms with Crippen molar-refractivity contribution in [2.45, 2.75) is 0 Å². The molecule has 0 aliphatic rings. The van der Waals surface area contributed by atoms with Crippen molar-refractivity contribution in [1.29, 1.82) is 0 Å². The molecule has 10 heavy (non-hydrogen) atoms. The summed E-state index contributed by atoms with van der Waals surface area (Å²) in [6, 6.07) is 3.61. The second-order valence-electron chi connectivity index (χ2n) is 1.90. The molecule has 3 nitrogen and oxygen atoms in total. The fourth-order valence-corrected chi connectivity index (χ4v) is 0.772. The van der Waals surface area contributed by atoms with Crippen molar-refractivity contribution in [1.82, 2.24) is 5.16 Å². The van der Waals surface area contributed by atoms with Gasteiger partial charge in [0.15, 0.2) is 0 Å². The molecule has 0 spiro atoms. The quantitative estimate of drug-likeness (QED) is 0.599. The Bertz CT molecular complexity index is 251. The Kier molecular flexibility index (Phi) is 1.07. The SMILES string of the molecule is c1cc(-c2ccon2)co1. The van der Waals surface area contributed by atoms with E-state index in [0.717, 1.165) is 11.3 Å². The monoisotopic (exact) mass is 135 g/mol. The third-order valence-corrected chi connectivity index (χ3v) is 1.25. The van der Waals surface area contributed by atoms with E-state index >= 15 is 0 Å². The zero-order valence-corrected chi connectivity index (χ0v) is 5.15. The summed E-state index contributed by atoms with van der Waals surface area (Å²) in [5, 5.41) is 3.72. The molecule has 0 saturated heterocycles. The van der Waals surface area contributed by atoms with Crippen molar-refractivity contribution in [2.24, 2.45) is 0 Å². The lowest BCUT2D eigenvalue weighted by Gasteiger charge is -1.80. The lowest BCUT2D eigenvalue weighted by molar-refractivity contribution is 0.422. The van der Waals surface area contributed by atoms with Crippen molar-refractivity contribution in [3.63, 3.8) is 0 Å². The van der Waals surface area contributed by atoms with Crippen LogP contribution in [-0.4, -0.2) is 5.16 Å². The highest BCUT2D eigenvalue weighted by Gasteiger charge is 1.99. The second-order valence-corrected chi connectivity index (χ2v) is 1.90. The van der Waals surface area contributed by atoms with Gasteiger partial charge in [-0.1, -0.05) is 5.16 Å². The third-order valence-electron chi connectivity index (χ3n) is 1.25. The summed E-state index contributed by atoms with van der Waals surface area (Å²) in [5.74, 6) is 0. The molecular weight excluding hydrogens is 130 g/mol. The Hall–Kier alpha value is -1.51. The summed E-state index contributed by atoms with van der Waals surface area (Å²) in [6.45, 7) is 0. The van der Waals surface area contributed by atoms with Gasteiger partial charge in [-0.3, -0.25) is 0 Å². The number of hydrogen-bond acceptors (Lipinski definition) is 3. The largest absolute Gasteiger partial charge is 0.472 e. The van der Waals surface area contributed by atoms with Gasteiger partial charge < -0.3 is 8.94 Å². The van der Waals surface area contributed by atoms with Gasteiger partial charge in [-0.2, -0.15) is 0 Å². The van der Waals surface area contributed by atoms with E-state index in [4.69, 9.17) is 4.42 Å². The van der Waals surface area contributed by atoms with Gasteiger partial charge in [0.2, 0.25) is 0 Å². The van der Waals surface area contributed by atoms with E-state index in [-0.39, 0.29) is 0 Å². The molecule has 0 aliphatic carbocycles. The maximum atomic E-state index is 4.86. The smallest absolute Gasteiger partial charge is 0.124 e. The Balaban J connectivity index is 2.48. The maximum Gasteiger partial charge on any atom is 0.124 e. The van der Waals surface area contributed by atoms with Crippen molar-refractivity contribution >= 4 is 0 Å². The molecule has 2 aromatic heterocycles. The van der Waals surface area contributed by atoms with Crippen LogP contribution in [0.2, 0.25) is 0 Å². The first-order chi connectivity index (χ1) is 4.97. The third kappa shape index (κ3) is 0.719. The van der Waals surface area contributed by atoms with E-state index in [9.17, 15) is 0 Å². The van der Waals surface area contributed by atoms with Crippen molar-refractivity contribution in [3.8, 4) is 11.3 Å². The van der Waals surface area contributed by atoms with E-state index in [0.29, 0.717) is 0 Å². The van der Waals surface area contributed by atoms with Crippen molar-refractivity contribution in [3.05, 3.63) is 30.9 Å². The van der Waals surface area contributed by atoms with Crippen LogP contribution in [0.25, 0.3) is 11.3 Å². The summed E-state index contributed by atoms with van der Waals surface area (Å²) >= 11 is 0. The Labute approximate surface area is 57.2 Å². The Morgan fingerprint density at radius 3 is 2.80 bits per heavy atom. The number of rotatable bonds is 1. The van der Waals surface area contributed by atoms with E-state index in [1.165, 1.54) is 6.26 Å². The standard InChI is InChI=1S/C7H5NO2/c1-3-9-5-6(1)7-2-4-10-8-7/h1-5H. The summed E-state index contributed by atoms with van der Waals surface area (Å²) in [5.41, 5.74) is 1.74. The molecule has 0 atom stereocenters. The molecule has 0 aliphatic heterocycles. The minimum Gasteiger partial charge on any atom is -0.472 e. The Morgan fingerprint density at radius 2 is 2.20 bits per heavy atom. The summed E-state index contributed by atoms with van der Waals surface area (Å²) in [6.07, 6.45) is 4.75. The summed E-state index contributed by atoms with van der Waals surface area (Å²) in [4.78, 5) is 0. The van der Waals surface area contributed by atoms with Crippen LogP contribution in [0.5, 0.6) is 0 Å². The molecule has 0 bridgehead atoms. The van der Waals surface area contributed by atoms with Crippen LogP contribution in [0.1, 0.15) is 0 Å². The van der Waals surface area contributed by atoms with Crippen LogP contribution in [0, 0.1) is 0 Å². The van der Waals surface area contributed by atoms with E-state index in [2.05, 4.69) is 9.68 Å². The van der Waals surface area contributed by atoms with Crippen LogP contribution >= 0.6 is 0 Å². The molecule has 0 amide bonds. The van der Waals surface area contributed by atoms with E-state index in [1.807, 2.05) is 6.07 Å². The molecule has 3 heteroatoms. The minimum absolute atomic E-state index is 0.800. The average molecular weight is 135 g/mol. The van der Waals surface area contributed by atoms with Gasteiger partial charge in [0.25, 0.3) is 0 Å². The molecule has 0 saturated carbocycles. The van der Waals surface area contributed by atoms with Crippen LogP contribution in [-0.2, 0) is 0 Å². The second kappa shape index (κ2) is 2.02. The highest BCUT2D eigenvalue weighted by Crippen LogP contribution is 2.15. The summed E-state index contributed by atoms with van der Waals surface area (Å²) in [7, 11) is 0. The molecule has 2 heterocycles. The molecule has 2 aromatic rings. The van der Waals surface area contributed by atoms with Gasteiger partial charge in [-0.05, 0) is 6.07 Å². The normalized spacial score (nSPS) is 10.0. The van der Waals surface area contributed by atoms with Gasteiger partial charge >= 0.3 is 0 Å².